The molecule has 1 aromatic carbocycles. The van der Waals surface area contributed by atoms with Crippen LogP contribution >= 0.6 is 0 Å². The second-order valence-electron chi connectivity index (χ2n) is 5.70. The van der Waals surface area contributed by atoms with Crippen LogP contribution in [0.2, 0.25) is 0 Å². The molecule has 0 unspecified atom stereocenters. The highest BCUT2D eigenvalue weighted by molar-refractivity contribution is 5.94. The van der Waals surface area contributed by atoms with E-state index in [0.29, 0.717) is 17.1 Å². The Morgan fingerprint density at radius 1 is 1.22 bits per heavy atom. The van der Waals surface area contributed by atoms with Crippen LogP contribution in [0.1, 0.15) is 30.7 Å². The zero-order valence-corrected chi connectivity index (χ0v) is 13.1. The van der Waals surface area contributed by atoms with E-state index in [9.17, 15) is 9.18 Å². The van der Waals surface area contributed by atoms with Crippen LogP contribution in [0.25, 0.3) is 0 Å². The maximum atomic E-state index is 13.6. The van der Waals surface area contributed by atoms with Crippen LogP contribution in [0.4, 0.5) is 10.1 Å². The first-order chi connectivity index (χ1) is 11.0. The Morgan fingerprint density at radius 2 is 1.87 bits per heavy atom. The molecule has 0 saturated heterocycles. The fraction of sp³-hybridized carbons (Fsp3) is 0.353. The van der Waals surface area contributed by atoms with E-state index in [4.69, 9.17) is 4.74 Å². The van der Waals surface area contributed by atoms with Crippen LogP contribution in [-0.4, -0.2) is 15.9 Å². The second kappa shape index (κ2) is 6.32. The maximum Gasteiger partial charge on any atom is 0.322 e. The number of carbonyl (C=O) groups excluding carboxylic acids is 1. The molecule has 1 heterocycles. The first kappa shape index (κ1) is 15.4. The minimum atomic E-state index is -0.478. The van der Waals surface area contributed by atoms with Gasteiger partial charge in [-0.1, -0.05) is 18.6 Å². The van der Waals surface area contributed by atoms with E-state index in [1.54, 1.807) is 26.0 Å². The number of aryl methyl sites for hydroxylation is 2. The number of hydrogen-bond acceptors (Lipinski definition) is 4. The molecule has 0 aliphatic heterocycles. The molecule has 1 aliphatic rings. The van der Waals surface area contributed by atoms with Gasteiger partial charge < -0.3 is 10.1 Å². The zero-order chi connectivity index (χ0) is 16.4. The molecule has 5 nitrogen and oxygen atoms in total. The Bertz CT molecular complexity index is 721. The Hall–Kier alpha value is -2.50. The monoisotopic (exact) mass is 315 g/mol. The molecule has 3 rings (SSSR count). The summed E-state index contributed by atoms with van der Waals surface area (Å²) < 4.78 is 19.0. The van der Waals surface area contributed by atoms with E-state index in [-0.39, 0.29) is 23.6 Å². The standard InChI is InChI=1S/C17H18FN3O2/c1-10-15(21-16(22)12-6-5-7-12)11(2)20-17(19-10)23-14-9-4-3-8-13(14)18/h3-4,8-9,12H,5-7H2,1-2H3,(H,21,22). The average molecular weight is 315 g/mol. The molecule has 0 spiro atoms. The van der Waals surface area contributed by atoms with Crippen LogP contribution < -0.4 is 10.1 Å². The number of nitrogens with zero attached hydrogens (tertiary/aromatic N) is 2. The molecule has 1 aliphatic carbocycles. The van der Waals surface area contributed by atoms with E-state index in [0.717, 1.165) is 19.3 Å². The quantitative estimate of drug-likeness (QED) is 0.933. The van der Waals surface area contributed by atoms with Crippen molar-refractivity contribution >= 4 is 11.6 Å². The van der Waals surface area contributed by atoms with Crippen molar-refractivity contribution in [2.24, 2.45) is 5.92 Å². The summed E-state index contributed by atoms with van der Waals surface area (Å²) in [5, 5.41) is 2.89. The molecule has 23 heavy (non-hydrogen) atoms. The highest BCUT2D eigenvalue weighted by Gasteiger charge is 2.26. The SMILES string of the molecule is Cc1nc(Oc2ccccc2F)nc(C)c1NC(=O)C1CCC1. The Kier molecular flexibility index (Phi) is 4.23. The normalized spacial score (nSPS) is 14.2. The highest BCUT2D eigenvalue weighted by atomic mass is 19.1. The predicted molar refractivity (Wildman–Crippen MR) is 84.0 cm³/mol. The lowest BCUT2D eigenvalue weighted by Crippen LogP contribution is -2.28. The molecule has 0 bridgehead atoms. The molecule has 0 atom stereocenters. The van der Waals surface area contributed by atoms with Crippen molar-refractivity contribution in [2.45, 2.75) is 33.1 Å². The summed E-state index contributed by atoms with van der Waals surface area (Å²) in [5.41, 5.74) is 1.79. The molecular formula is C17H18FN3O2. The topological polar surface area (TPSA) is 64.1 Å². The number of hydrogen-bond donors (Lipinski definition) is 1. The number of halogens is 1. The number of nitrogens with one attached hydrogen (secondary N) is 1. The van der Waals surface area contributed by atoms with Crippen molar-refractivity contribution in [2.75, 3.05) is 5.32 Å². The molecule has 1 amide bonds. The summed E-state index contributed by atoms with van der Waals surface area (Å²) in [6.45, 7) is 3.53. The molecule has 1 fully saturated rings. The van der Waals surface area contributed by atoms with Crippen molar-refractivity contribution in [3.05, 3.63) is 41.5 Å². The fourth-order valence-electron chi connectivity index (χ4n) is 2.43. The van der Waals surface area contributed by atoms with Gasteiger partial charge in [-0.05, 0) is 38.8 Å². The predicted octanol–water partition coefficient (Wildman–Crippen LogP) is 3.76. The summed E-state index contributed by atoms with van der Waals surface area (Å²) in [5.74, 6) is -0.316. The molecule has 2 aromatic rings. The number of carbonyl (C=O) groups is 1. The number of benzene rings is 1. The van der Waals surface area contributed by atoms with Crippen molar-refractivity contribution in [3.8, 4) is 11.8 Å². The minimum absolute atomic E-state index is 0.00817. The number of ether oxygens (including phenoxy) is 1. The van der Waals surface area contributed by atoms with Crippen molar-refractivity contribution in [3.63, 3.8) is 0 Å². The van der Waals surface area contributed by atoms with E-state index >= 15 is 0 Å². The molecule has 1 N–H and O–H groups in total. The van der Waals surface area contributed by atoms with Crippen molar-refractivity contribution < 1.29 is 13.9 Å². The summed E-state index contributed by atoms with van der Waals surface area (Å²) in [4.78, 5) is 20.5. The van der Waals surface area contributed by atoms with Crippen LogP contribution in [0, 0.1) is 25.6 Å². The smallest absolute Gasteiger partial charge is 0.322 e. The van der Waals surface area contributed by atoms with Gasteiger partial charge in [-0.3, -0.25) is 4.79 Å². The number of para-hydroxylation sites is 1. The van der Waals surface area contributed by atoms with Crippen molar-refractivity contribution in [1.82, 2.24) is 9.97 Å². The van der Waals surface area contributed by atoms with Crippen LogP contribution in [0.5, 0.6) is 11.8 Å². The summed E-state index contributed by atoms with van der Waals surface area (Å²) in [6.07, 6.45) is 2.96. The lowest BCUT2D eigenvalue weighted by molar-refractivity contribution is -0.122. The third-order valence-electron chi connectivity index (χ3n) is 4.01. The van der Waals surface area contributed by atoms with Crippen molar-refractivity contribution in [1.29, 1.82) is 0 Å². The van der Waals surface area contributed by atoms with Gasteiger partial charge in [-0.15, -0.1) is 0 Å². The maximum absolute atomic E-state index is 13.6. The number of anilines is 1. The van der Waals surface area contributed by atoms with E-state index in [2.05, 4.69) is 15.3 Å². The van der Waals surface area contributed by atoms with Gasteiger partial charge >= 0.3 is 6.01 Å². The van der Waals surface area contributed by atoms with E-state index in [1.165, 1.54) is 12.1 Å². The Labute approximate surface area is 133 Å². The Morgan fingerprint density at radius 3 is 2.43 bits per heavy atom. The first-order valence-corrected chi connectivity index (χ1v) is 7.63. The zero-order valence-electron chi connectivity index (χ0n) is 13.1. The van der Waals surface area contributed by atoms with Crippen LogP contribution in [0.3, 0.4) is 0 Å². The highest BCUT2D eigenvalue weighted by Crippen LogP contribution is 2.29. The van der Waals surface area contributed by atoms with Gasteiger partial charge in [0.25, 0.3) is 0 Å². The third-order valence-corrected chi connectivity index (χ3v) is 4.01. The number of amides is 1. The summed E-state index contributed by atoms with van der Waals surface area (Å²) >= 11 is 0. The third kappa shape index (κ3) is 3.31. The van der Waals surface area contributed by atoms with Crippen LogP contribution in [-0.2, 0) is 4.79 Å². The molecular weight excluding hydrogens is 297 g/mol. The minimum Gasteiger partial charge on any atom is -0.421 e. The molecule has 1 aromatic heterocycles. The van der Waals surface area contributed by atoms with Gasteiger partial charge in [0.1, 0.15) is 0 Å². The number of rotatable bonds is 4. The second-order valence-corrected chi connectivity index (χ2v) is 5.70. The average Bonchev–Trinajstić information content (AvgIpc) is 2.43. The molecule has 6 heteroatoms. The summed E-state index contributed by atoms with van der Waals surface area (Å²) in [7, 11) is 0. The van der Waals surface area contributed by atoms with E-state index < -0.39 is 5.82 Å². The molecule has 0 radical (unpaired) electrons. The largest absolute Gasteiger partial charge is 0.421 e. The number of aromatic nitrogens is 2. The van der Waals surface area contributed by atoms with Gasteiger partial charge in [0.05, 0.1) is 17.1 Å². The van der Waals surface area contributed by atoms with E-state index in [1.807, 2.05) is 0 Å². The molecule has 1 saturated carbocycles. The first-order valence-electron chi connectivity index (χ1n) is 7.63. The van der Waals surface area contributed by atoms with Gasteiger partial charge in [-0.25, -0.2) is 4.39 Å². The lowest BCUT2D eigenvalue weighted by atomic mass is 9.85. The Balaban J connectivity index is 1.79. The summed E-state index contributed by atoms with van der Waals surface area (Å²) in [6, 6.07) is 6.13. The van der Waals surface area contributed by atoms with Gasteiger partial charge in [0.15, 0.2) is 11.6 Å². The molecule has 120 valence electrons. The van der Waals surface area contributed by atoms with Gasteiger partial charge in [0, 0.05) is 5.92 Å². The van der Waals surface area contributed by atoms with Gasteiger partial charge in [-0.2, -0.15) is 9.97 Å². The fourth-order valence-corrected chi connectivity index (χ4v) is 2.43. The van der Waals surface area contributed by atoms with Crippen LogP contribution in [0.15, 0.2) is 24.3 Å². The lowest BCUT2D eigenvalue weighted by Gasteiger charge is -2.24. The van der Waals surface area contributed by atoms with Gasteiger partial charge in [0.2, 0.25) is 5.91 Å².